The summed E-state index contributed by atoms with van der Waals surface area (Å²) >= 11 is 0. The van der Waals surface area contributed by atoms with Crippen LogP contribution in [-0.4, -0.2) is 23.3 Å². The van der Waals surface area contributed by atoms with Gasteiger partial charge in [-0.2, -0.15) is 0 Å². The summed E-state index contributed by atoms with van der Waals surface area (Å²) in [5.74, 6) is -0.179. The van der Waals surface area contributed by atoms with Gasteiger partial charge in [-0.15, -0.1) is 0 Å². The van der Waals surface area contributed by atoms with Gasteiger partial charge in [0, 0.05) is 29.0 Å². The molecule has 2 aromatic rings. The summed E-state index contributed by atoms with van der Waals surface area (Å²) in [6.45, 7) is 4.41. The van der Waals surface area contributed by atoms with Crippen LogP contribution in [0, 0.1) is 0 Å². The average molecular weight is 365 g/mol. The van der Waals surface area contributed by atoms with E-state index in [2.05, 4.69) is 43.4 Å². The van der Waals surface area contributed by atoms with Gasteiger partial charge in [-0.05, 0) is 71.2 Å². The molecule has 0 saturated heterocycles. The van der Waals surface area contributed by atoms with Crippen molar-refractivity contribution in [2.45, 2.75) is 26.2 Å². The lowest BCUT2D eigenvalue weighted by Gasteiger charge is -2.36. The first-order chi connectivity index (χ1) is 13.6. The fourth-order valence-electron chi connectivity index (χ4n) is 5.35. The van der Waals surface area contributed by atoms with Crippen molar-refractivity contribution in [3.8, 4) is 0 Å². The Morgan fingerprint density at radius 3 is 2.43 bits per heavy atom. The average Bonchev–Trinajstić information content (AvgIpc) is 2.72. The zero-order chi connectivity index (χ0) is 19.2. The minimum Gasteiger partial charge on any atom is -0.275 e. The zero-order valence-corrected chi connectivity index (χ0v) is 15.9. The number of hydrogen-bond acceptors (Lipinski definition) is 2. The Hall–Kier alpha value is -3.20. The first-order valence-electron chi connectivity index (χ1n) is 9.87. The van der Waals surface area contributed by atoms with E-state index in [0.717, 1.165) is 22.8 Å². The Kier molecular flexibility index (Phi) is 2.94. The van der Waals surface area contributed by atoms with Crippen molar-refractivity contribution in [3.05, 3.63) is 87.5 Å². The van der Waals surface area contributed by atoms with Crippen molar-refractivity contribution in [2.75, 3.05) is 6.54 Å². The molecule has 4 aliphatic rings. The van der Waals surface area contributed by atoms with Crippen molar-refractivity contribution in [1.82, 2.24) is 4.90 Å². The molecule has 3 nitrogen and oxygen atoms in total. The minimum absolute atomic E-state index is 0.182. The number of imide groups is 1. The van der Waals surface area contributed by atoms with Crippen LogP contribution in [0.3, 0.4) is 0 Å². The second-order valence-corrected chi connectivity index (χ2v) is 7.90. The highest BCUT2D eigenvalue weighted by molar-refractivity contribution is 6.27. The Bertz CT molecular complexity index is 1250. The van der Waals surface area contributed by atoms with Gasteiger partial charge in [0.15, 0.2) is 0 Å². The van der Waals surface area contributed by atoms with Gasteiger partial charge in [-0.1, -0.05) is 36.4 Å². The van der Waals surface area contributed by atoms with Crippen LogP contribution in [0.2, 0.25) is 0 Å². The molecule has 0 fully saturated rings. The highest BCUT2D eigenvalue weighted by atomic mass is 16.2. The fraction of sp³-hybridized carbons (Fsp3) is 0.200. The summed E-state index contributed by atoms with van der Waals surface area (Å²) in [5.41, 5.74) is 9.01. The molecule has 1 atom stereocenters. The second-order valence-electron chi connectivity index (χ2n) is 7.90. The highest BCUT2D eigenvalue weighted by Crippen LogP contribution is 2.52. The molecule has 6 rings (SSSR count). The third-order valence-corrected chi connectivity index (χ3v) is 6.63. The van der Waals surface area contributed by atoms with Crippen LogP contribution in [0.15, 0.2) is 65.3 Å². The van der Waals surface area contributed by atoms with Crippen LogP contribution in [0.4, 0.5) is 0 Å². The van der Waals surface area contributed by atoms with Gasteiger partial charge in [0.05, 0.1) is 0 Å². The number of rotatable bonds is 1. The van der Waals surface area contributed by atoms with E-state index in [9.17, 15) is 9.59 Å². The van der Waals surface area contributed by atoms with Crippen LogP contribution in [0.1, 0.15) is 58.0 Å². The number of benzene rings is 2. The lowest BCUT2D eigenvalue weighted by Crippen LogP contribution is -2.40. The van der Waals surface area contributed by atoms with E-state index in [1.54, 1.807) is 0 Å². The van der Waals surface area contributed by atoms with E-state index in [1.807, 2.05) is 19.1 Å². The topological polar surface area (TPSA) is 37.4 Å². The molecule has 0 N–H and O–H groups in total. The normalized spacial score (nSPS) is 21.8. The Labute approximate surface area is 163 Å². The summed E-state index contributed by atoms with van der Waals surface area (Å²) in [4.78, 5) is 27.3. The van der Waals surface area contributed by atoms with Gasteiger partial charge < -0.3 is 0 Å². The van der Waals surface area contributed by atoms with Crippen molar-refractivity contribution in [3.63, 3.8) is 0 Å². The number of allylic oxidation sites excluding steroid dienone is 8. The van der Waals surface area contributed by atoms with E-state index in [-0.39, 0.29) is 17.7 Å². The number of hydrogen-bond donors (Lipinski definition) is 0. The maximum atomic E-state index is 13.0. The first kappa shape index (κ1) is 15.8. The lowest BCUT2D eigenvalue weighted by molar-refractivity contribution is 0.0619. The fourth-order valence-corrected chi connectivity index (χ4v) is 5.35. The number of carbonyl (C=O) groups is 2. The third kappa shape index (κ3) is 1.70. The predicted octanol–water partition coefficient (Wildman–Crippen LogP) is 5.15. The quantitative estimate of drug-likeness (QED) is 0.655. The van der Waals surface area contributed by atoms with Crippen molar-refractivity contribution in [2.24, 2.45) is 0 Å². The van der Waals surface area contributed by atoms with Gasteiger partial charge in [-0.25, -0.2) is 0 Å². The van der Waals surface area contributed by atoms with Gasteiger partial charge in [0.1, 0.15) is 0 Å². The summed E-state index contributed by atoms with van der Waals surface area (Å²) in [6.07, 6.45) is 9.89. The van der Waals surface area contributed by atoms with E-state index in [4.69, 9.17) is 0 Å². The molecule has 2 amide bonds. The van der Waals surface area contributed by atoms with Gasteiger partial charge in [-0.3, -0.25) is 14.5 Å². The molecule has 0 bridgehead atoms. The van der Waals surface area contributed by atoms with Crippen LogP contribution in [0.25, 0.3) is 16.3 Å². The van der Waals surface area contributed by atoms with Crippen LogP contribution in [-0.2, 0) is 0 Å². The zero-order valence-electron chi connectivity index (χ0n) is 15.9. The van der Waals surface area contributed by atoms with Gasteiger partial charge in [0.2, 0.25) is 0 Å². The van der Waals surface area contributed by atoms with E-state index in [1.165, 1.54) is 32.8 Å². The summed E-state index contributed by atoms with van der Waals surface area (Å²) in [7, 11) is 0. The molecule has 3 aliphatic carbocycles. The minimum atomic E-state index is -0.182. The van der Waals surface area contributed by atoms with Crippen molar-refractivity contribution < 1.29 is 9.59 Å². The SMILES string of the molecule is CCN1C(=O)c2ccc3c4c(ccc(c24)C1=O)C1C=CC(C)=C2CC=CC3=C21. The van der Waals surface area contributed by atoms with E-state index in [0.29, 0.717) is 17.7 Å². The van der Waals surface area contributed by atoms with Crippen molar-refractivity contribution in [1.29, 1.82) is 0 Å². The molecule has 1 heterocycles. The van der Waals surface area contributed by atoms with Crippen LogP contribution >= 0.6 is 0 Å². The summed E-state index contributed by atoms with van der Waals surface area (Å²) in [5, 5.41) is 1.91. The first-order valence-corrected chi connectivity index (χ1v) is 9.87. The van der Waals surface area contributed by atoms with E-state index >= 15 is 0 Å². The molecule has 28 heavy (non-hydrogen) atoms. The maximum Gasteiger partial charge on any atom is 0.261 e. The largest absolute Gasteiger partial charge is 0.275 e. The monoisotopic (exact) mass is 365 g/mol. The molecular formula is C25H19NO2. The van der Waals surface area contributed by atoms with Gasteiger partial charge in [0.25, 0.3) is 11.8 Å². The highest BCUT2D eigenvalue weighted by Gasteiger charge is 2.38. The van der Waals surface area contributed by atoms with Crippen molar-refractivity contribution >= 4 is 28.2 Å². The van der Waals surface area contributed by atoms with E-state index < -0.39 is 0 Å². The predicted molar refractivity (Wildman–Crippen MR) is 110 cm³/mol. The third-order valence-electron chi connectivity index (χ3n) is 6.63. The summed E-state index contributed by atoms with van der Waals surface area (Å²) in [6, 6.07) is 8.01. The molecular weight excluding hydrogens is 346 g/mol. The Balaban J connectivity index is 1.76. The maximum absolute atomic E-state index is 13.0. The lowest BCUT2D eigenvalue weighted by atomic mass is 9.68. The molecule has 0 saturated carbocycles. The Morgan fingerprint density at radius 2 is 1.68 bits per heavy atom. The number of carbonyl (C=O) groups excluding carboxylic acids is 2. The second kappa shape index (κ2) is 5.20. The molecule has 0 spiro atoms. The molecule has 3 heteroatoms. The van der Waals surface area contributed by atoms with Gasteiger partial charge >= 0.3 is 0 Å². The smallest absolute Gasteiger partial charge is 0.261 e. The Morgan fingerprint density at radius 1 is 0.964 bits per heavy atom. The molecule has 0 aromatic heterocycles. The number of fused-ring (bicyclic) bond motifs is 2. The molecule has 0 radical (unpaired) electrons. The molecule has 1 aliphatic heterocycles. The molecule has 2 aromatic carbocycles. The number of nitrogens with zero attached hydrogens (tertiary/aromatic N) is 1. The standard InChI is InChI=1S/C25H19NO2/c1-3-26-24(27)19-11-9-17-15-6-4-5-14-13(2)7-8-16(21(14)15)18-10-12-20(25(26)28)23(19)22(17)18/h4,6-12,16H,3,5H2,1-2H3. The number of amides is 2. The molecule has 136 valence electrons. The molecule has 1 unspecified atom stereocenters. The van der Waals surface area contributed by atoms with Crippen LogP contribution < -0.4 is 0 Å². The van der Waals surface area contributed by atoms with Crippen LogP contribution in [0.5, 0.6) is 0 Å². The summed E-state index contributed by atoms with van der Waals surface area (Å²) < 4.78 is 0.